The molecule has 1 aliphatic heterocycles. The van der Waals surface area contributed by atoms with Gasteiger partial charge in [0, 0.05) is 22.7 Å². The lowest BCUT2D eigenvalue weighted by atomic mass is 9.97. The van der Waals surface area contributed by atoms with Crippen molar-refractivity contribution < 1.29 is 5.11 Å². The Bertz CT molecular complexity index is 638. The number of aliphatic hydroxyl groups is 1. The molecule has 1 saturated heterocycles. The third-order valence-corrected chi connectivity index (χ3v) is 4.58. The van der Waals surface area contributed by atoms with Crippen LogP contribution >= 0.6 is 0 Å². The summed E-state index contributed by atoms with van der Waals surface area (Å²) in [7, 11) is 2.09. The number of pyridine rings is 1. The molecular weight excluding hydrogens is 248 g/mol. The third kappa shape index (κ3) is 2.21. The Labute approximate surface area is 120 Å². The molecule has 3 rings (SSSR count). The van der Waals surface area contributed by atoms with Crippen LogP contribution in [0.5, 0.6) is 0 Å². The first-order valence-electron chi connectivity index (χ1n) is 7.33. The molecule has 0 saturated carbocycles. The topological polar surface area (TPSA) is 36.4 Å². The predicted molar refractivity (Wildman–Crippen MR) is 81.8 cm³/mol. The van der Waals surface area contributed by atoms with Crippen LogP contribution in [0.1, 0.15) is 35.8 Å². The van der Waals surface area contributed by atoms with Gasteiger partial charge in [-0.25, -0.2) is 0 Å². The van der Waals surface area contributed by atoms with Gasteiger partial charge in [-0.05, 0) is 51.9 Å². The number of aryl methyl sites for hydroxylation is 2. The zero-order valence-corrected chi connectivity index (χ0v) is 12.4. The van der Waals surface area contributed by atoms with Gasteiger partial charge in [-0.3, -0.25) is 4.98 Å². The zero-order chi connectivity index (χ0) is 14.3. The Balaban J connectivity index is 2.09. The van der Waals surface area contributed by atoms with Crippen molar-refractivity contribution in [1.29, 1.82) is 0 Å². The molecule has 1 aromatic carbocycles. The number of likely N-dealkylation sites (N-methyl/N-ethyl adjacent to an activating group) is 1. The van der Waals surface area contributed by atoms with E-state index in [2.05, 4.69) is 31.0 Å². The maximum absolute atomic E-state index is 10.8. The lowest BCUT2D eigenvalue weighted by Crippen LogP contribution is -2.31. The number of hydrogen-bond acceptors (Lipinski definition) is 3. The summed E-state index contributed by atoms with van der Waals surface area (Å²) in [5, 5.41) is 11.9. The van der Waals surface area contributed by atoms with Crippen LogP contribution in [0.2, 0.25) is 0 Å². The maximum atomic E-state index is 10.8. The highest BCUT2D eigenvalue weighted by Gasteiger charge is 2.30. The molecule has 1 aromatic heterocycles. The summed E-state index contributed by atoms with van der Waals surface area (Å²) >= 11 is 0. The van der Waals surface area contributed by atoms with E-state index in [9.17, 15) is 5.11 Å². The van der Waals surface area contributed by atoms with Crippen LogP contribution in [0.4, 0.5) is 0 Å². The number of nitrogens with zero attached hydrogens (tertiary/aromatic N) is 2. The molecule has 1 N–H and O–H groups in total. The van der Waals surface area contributed by atoms with Crippen LogP contribution in [0.25, 0.3) is 10.9 Å². The number of rotatable bonds is 2. The summed E-state index contributed by atoms with van der Waals surface area (Å²) < 4.78 is 0. The van der Waals surface area contributed by atoms with Gasteiger partial charge in [-0.15, -0.1) is 0 Å². The first-order valence-corrected chi connectivity index (χ1v) is 7.33. The molecular formula is C17H22N2O. The van der Waals surface area contributed by atoms with Crippen molar-refractivity contribution >= 4 is 10.9 Å². The Morgan fingerprint density at radius 3 is 2.85 bits per heavy atom. The number of likely N-dealkylation sites (tertiary alicyclic amines) is 1. The normalized spacial score (nSPS) is 21.5. The molecule has 0 amide bonds. The summed E-state index contributed by atoms with van der Waals surface area (Å²) in [6.45, 7) is 5.17. The molecule has 3 heteroatoms. The van der Waals surface area contributed by atoms with Gasteiger partial charge < -0.3 is 10.0 Å². The fourth-order valence-corrected chi connectivity index (χ4v) is 3.20. The second-order valence-corrected chi connectivity index (χ2v) is 5.94. The van der Waals surface area contributed by atoms with Gasteiger partial charge in [0.25, 0.3) is 0 Å². The van der Waals surface area contributed by atoms with Crippen molar-refractivity contribution in [3.63, 3.8) is 0 Å². The zero-order valence-electron chi connectivity index (χ0n) is 12.4. The average molecular weight is 270 g/mol. The molecule has 2 atom stereocenters. The minimum Gasteiger partial charge on any atom is -0.387 e. The number of fused-ring (bicyclic) bond motifs is 1. The Hall–Kier alpha value is -1.45. The molecule has 2 unspecified atom stereocenters. The van der Waals surface area contributed by atoms with Crippen LogP contribution in [0.3, 0.4) is 0 Å². The standard InChI is InChI=1S/C17H22N2O/c1-11-10-13-6-4-7-14(16(13)18-12(11)2)17(20)15-8-5-9-19(15)3/h4,6-7,10,15,17,20H,5,8-9H2,1-3H3. The number of aromatic nitrogens is 1. The van der Waals surface area contributed by atoms with Gasteiger partial charge in [0.05, 0.1) is 11.6 Å². The number of para-hydroxylation sites is 1. The van der Waals surface area contributed by atoms with E-state index in [0.717, 1.165) is 41.5 Å². The Morgan fingerprint density at radius 1 is 1.35 bits per heavy atom. The molecule has 1 fully saturated rings. The van der Waals surface area contributed by atoms with Crippen molar-refractivity contribution in [3.8, 4) is 0 Å². The van der Waals surface area contributed by atoms with E-state index >= 15 is 0 Å². The first-order chi connectivity index (χ1) is 9.58. The quantitative estimate of drug-likeness (QED) is 0.911. The highest BCUT2D eigenvalue weighted by molar-refractivity contribution is 5.83. The maximum Gasteiger partial charge on any atom is 0.0966 e. The number of benzene rings is 1. The highest BCUT2D eigenvalue weighted by atomic mass is 16.3. The summed E-state index contributed by atoms with van der Waals surface area (Å²) in [6, 6.07) is 8.48. The number of aliphatic hydroxyl groups excluding tert-OH is 1. The van der Waals surface area contributed by atoms with E-state index in [-0.39, 0.29) is 6.04 Å². The van der Waals surface area contributed by atoms with Crippen LogP contribution in [0, 0.1) is 13.8 Å². The first kappa shape index (κ1) is 13.5. The molecule has 0 aliphatic carbocycles. The lowest BCUT2D eigenvalue weighted by Gasteiger charge is -2.26. The summed E-state index contributed by atoms with van der Waals surface area (Å²) in [5.41, 5.74) is 4.15. The minimum atomic E-state index is -0.458. The van der Waals surface area contributed by atoms with Crippen LogP contribution in [-0.4, -0.2) is 34.6 Å². The molecule has 2 heterocycles. The van der Waals surface area contributed by atoms with Crippen molar-refractivity contribution in [2.75, 3.05) is 13.6 Å². The van der Waals surface area contributed by atoms with Gasteiger partial charge in [-0.2, -0.15) is 0 Å². The van der Waals surface area contributed by atoms with Crippen LogP contribution in [-0.2, 0) is 0 Å². The molecule has 0 radical (unpaired) electrons. The Morgan fingerprint density at radius 2 is 2.15 bits per heavy atom. The van der Waals surface area contributed by atoms with E-state index in [1.807, 2.05) is 19.1 Å². The van der Waals surface area contributed by atoms with Crippen LogP contribution in [0.15, 0.2) is 24.3 Å². The van der Waals surface area contributed by atoms with Gasteiger partial charge in [0.2, 0.25) is 0 Å². The van der Waals surface area contributed by atoms with Crippen molar-refractivity contribution in [2.24, 2.45) is 0 Å². The molecule has 2 aromatic rings. The SMILES string of the molecule is Cc1cc2cccc(C(O)C3CCCN3C)c2nc1C. The lowest BCUT2D eigenvalue weighted by molar-refractivity contribution is 0.0867. The van der Waals surface area contributed by atoms with E-state index in [1.165, 1.54) is 5.56 Å². The smallest absolute Gasteiger partial charge is 0.0966 e. The fourth-order valence-electron chi connectivity index (χ4n) is 3.20. The Kier molecular flexibility index (Phi) is 3.48. The summed E-state index contributed by atoms with van der Waals surface area (Å²) in [5.74, 6) is 0. The van der Waals surface area contributed by atoms with E-state index in [4.69, 9.17) is 4.98 Å². The van der Waals surface area contributed by atoms with E-state index < -0.39 is 6.10 Å². The van der Waals surface area contributed by atoms with Gasteiger partial charge in [0.15, 0.2) is 0 Å². The number of hydrogen-bond donors (Lipinski definition) is 1. The second-order valence-electron chi connectivity index (χ2n) is 5.94. The summed E-state index contributed by atoms with van der Waals surface area (Å²) in [4.78, 5) is 6.97. The fraction of sp³-hybridized carbons (Fsp3) is 0.471. The average Bonchev–Trinajstić information content (AvgIpc) is 2.85. The van der Waals surface area contributed by atoms with Crippen molar-refractivity contribution in [2.45, 2.75) is 38.8 Å². The van der Waals surface area contributed by atoms with E-state index in [1.54, 1.807) is 0 Å². The van der Waals surface area contributed by atoms with Crippen molar-refractivity contribution in [1.82, 2.24) is 9.88 Å². The third-order valence-electron chi connectivity index (χ3n) is 4.58. The van der Waals surface area contributed by atoms with Crippen LogP contribution < -0.4 is 0 Å². The largest absolute Gasteiger partial charge is 0.387 e. The van der Waals surface area contributed by atoms with Crippen molar-refractivity contribution in [3.05, 3.63) is 41.1 Å². The highest BCUT2D eigenvalue weighted by Crippen LogP contribution is 2.32. The van der Waals surface area contributed by atoms with E-state index in [0.29, 0.717) is 0 Å². The minimum absolute atomic E-state index is 0.212. The molecule has 106 valence electrons. The predicted octanol–water partition coefficient (Wildman–Crippen LogP) is 2.98. The molecule has 20 heavy (non-hydrogen) atoms. The van der Waals surface area contributed by atoms with Gasteiger partial charge in [-0.1, -0.05) is 18.2 Å². The molecule has 0 bridgehead atoms. The molecule has 3 nitrogen and oxygen atoms in total. The monoisotopic (exact) mass is 270 g/mol. The van der Waals surface area contributed by atoms with Gasteiger partial charge in [0.1, 0.15) is 0 Å². The van der Waals surface area contributed by atoms with Gasteiger partial charge >= 0.3 is 0 Å². The molecule has 1 aliphatic rings. The molecule has 0 spiro atoms. The second kappa shape index (κ2) is 5.15. The summed E-state index contributed by atoms with van der Waals surface area (Å²) in [6.07, 6.45) is 1.76.